The van der Waals surface area contributed by atoms with Gasteiger partial charge >= 0.3 is 6.09 Å². The third-order valence-electron chi connectivity index (χ3n) is 5.98. The van der Waals surface area contributed by atoms with Crippen molar-refractivity contribution in [1.82, 2.24) is 24.4 Å². The number of pyridine rings is 1. The molecule has 186 valence electrons. The highest BCUT2D eigenvalue weighted by atomic mass is 19.1. The average molecular weight is 494 g/mol. The summed E-state index contributed by atoms with van der Waals surface area (Å²) in [5.74, 6) is 0.240. The number of amides is 2. The van der Waals surface area contributed by atoms with E-state index in [0.717, 1.165) is 11.1 Å². The van der Waals surface area contributed by atoms with Gasteiger partial charge in [-0.15, -0.1) is 0 Å². The molecule has 5 rings (SSSR count). The van der Waals surface area contributed by atoms with Crippen LogP contribution in [0.25, 0.3) is 17.0 Å². The van der Waals surface area contributed by atoms with Gasteiger partial charge < -0.3 is 24.6 Å². The van der Waals surface area contributed by atoms with E-state index in [4.69, 9.17) is 14.4 Å². The lowest BCUT2D eigenvalue weighted by Crippen LogP contribution is -2.47. The molecule has 0 saturated carbocycles. The SMILES string of the molecule is Cc1ccc(-c2noc(C3CN(C(=O)O)C3)n2)cc1NC(=O)c1cnc2ccc(COCCF)cn12. The highest BCUT2D eigenvalue weighted by molar-refractivity contribution is 6.04. The van der Waals surface area contributed by atoms with Gasteiger partial charge in [-0.1, -0.05) is 23.4 Å². The molecule has 1 aromatic carbocycles. The number of imidazole rings is 1. The number of carbonyl (C=O) groups excluding carboxylic acids is 1. The summed E-state index contributed by atoms with van der Waals surface area (Å²) in [5.41, 5.74) is 3.76. The molecule has 1 saturated heterocycles. The maximum Gasteiger partial charge on any atom is 0.407 e. The van der Waals surface area contributed by atoms with Crippen molar-refractivity contribution < 1.29 is 28.3 Å². The number of aryl methyl sites for hydroxylation is 1. The van der Waals surface area contributed by atoms with Gasteiger partial charge in [-0.25, -0.2) is 14.2 Å². The number of halogens is 1. The average Bonchev–Trinajstić information content (AvgIpc) is 3.47. The number of likely N-dealkylation sites (tertiary alicyclic amines) is 1. The van der Waals surface area contributed by atoms with E-state index in [1.54, 1.807) is 22.7 Å². The summed E-state index contributed by atoms with van der Waals surface area (Å²) in [4.78, 5) is 34.1. The van der Waals surface area contributed by atoms with Crippen molar-refractivity contribution in [3.8, 4) is 11.4 Å². The minimum absolute atomic E-state index is 0.00817. The fourth-order valence-corrected chi connectivity index (χ4v) is 3.91. The van der Waals surface area contributed by atoms with Crippen LogP contribution in [0.3, 0.4) is 0 Å². The molecule has 1 aliphatic rings. The zero-order valence-corrected chi connectivity index (χ0v) is 19.3. The standard InChI is InChI=1S/C24H23FN6O5/c1-14-2-4-16(21-28-23(36-29-21)17-11-30(12-17)24(33)34)8-18(14)27-22(32)19-9-26-20-5-3-15(10-31(19)20)13-35-7-6-25/h2-5,8-10,17H,6-7,11-13H2,1H3,(H,27,32)(H,33,34). The Kier molecular flexibility index (Phi) is 6.34. The van der Waals surface area contributed by atoms with Gasteiger partial charge in [-0.3, -0.25) is 9.20 Å². The maximum absolute atomic E-state index is 13.1. The molecule has 11 nitrogen and oxygen atoms in total. The van der Waals surface area contributed by atoms with Crippen molar-refractivity contribution in [2.45, 2.75) is 19.4 Å². The van der Waals surface area contributed by atoms with Crippen molar-refractivity contribution >= 4 is 23.3 Å². The van der Waals surface area contributed by atoms with Crippen molar-refractivity contribution in [2.24, 2.45) is 0 Å². The first kappa shape index (κ1) is 23.4. The van der Waals surface area contributed by atoms with E-state index < -0.39 is 12.8 Å². The Morgan fingerprint density at radius 2 is 2.11 bits per heavy atom. The number of fused-ring (bicyclic) bond motifs is 1. The van der Waals surface area contributed by atoms with Gasteiger partial charge in [0.15, 0.2) is 0 Å². The summed E-state index contributed by atoms with van der Waals surface area (Å²) in [7, 11) is 0. The number of carboxylic acid groups (broad SMARTS) is 1. The van der Waals surface area contributed by atoms with Crippen LogP contribution >= 0.6 is 0 Å². The molecule has 2 amide bonds. The fraction of sp³-hybridized carbons (Fsp3) is 0.292. The number of carbonyl (C=O) groups is 2. The zero-order chi connectivity index (χ0) is 25.2. The molecular formula is C24H23FN6O5. The summed E-state index contributed by atoms with van der Waals surface area (Å²) in [6, 6.07) is 9.00. The molecule has 0 atom stereocenters. The molecule has 0 bridgehead atoms. The van der Waals surface area contributed by atoms with Crippen LogP contribution < -0.4 is 5.32 Å². The molecular weight excluding hydrogens is 471 g/mol. The summed E-state index contributed by atoms with van der Waals surface area (Å²) < 4.78 is 24.6. The molecule has 36 heavy (non-hydrogen) atoms. The molecule has 12 heteroatoms. The molecule has 0 spiro atoms. The highest BCUT2D eigenvalue weighted by Gasteiger charge is 2.35. The van der Waals surface area contributed by atoms with Crippen LogP contribution in [0.15, 0.2) is 47.2 Å². The van der Waals surface area contributed by atoms with Gasteiger partial charge in [0, 0.05) is 30.5 Å². The lowest BCUT2D eigenvalue weighted by molar-refractivity contribution is 0.0958. The van der Waals surface area contributed by atoms with Crippen LogP contribution in [0.4, 0.5) is 14.9 Å². The Hall–Kier alpha value is -4.32. The van der Waals surface area contributed by atoms with Crippen LogP contribution in [0, 0.1) is 6.92 Å². The molecule has 2 N–H and O–H groups in total. The number of aromatic nitrogens is 4. The number of nitrogens with one attached hydrogen (secondary N) is 1. The fourth-order valence-electron chi connectivity index (χ4n) is 3.91. The van der Waals surface area contributed by atoms with E-state index >= 15 is 0 Å². The minimum atomic E-state index is -0.975. The number of ether oxygens (including phenoxy) is 1. The summed E-state index contributed by atoms with van der Waals surface area (Å²) in [5, 5.41) is 15.9. The number of benzene rings is 1. The maximum atomic E-state index is 13.1. The van der Waals surface area contributed by atoms with E-state index in [0.29, 0.717) is 47.4 Å². The molecule has 4 aromatic rings. The van der Waals surface area contributed by atoms with Gasteiger partial charge in [0.2, 0.25) is 11.7 Å². The quantitative estimate of drug-likeness (QED) is 0.355. The minimum Gasteiger partial charge on any atom is -0.465 e. The summed E-state index contributed by atoms with van der Waals surface area (Å²) in [6.45, 7) is 2.17. The molecule has 0 aliphatic carbocycles. The predicted octanol–water partition coefficient (Wildman–Crippen LogP) is 3.51. The molecule has 1 aliphatic heterocycles. The molecule has 4 heterocycles. The largest absolute Gasteiger partial charge is 0.465 e. The number of alkyl halides is 1. The second-order valence-corrected chi connectivity index (χ2v) is 8.48. The Morgan fingerprint density at radius 1 is 1.28 bits per heavy atom. The Labute approximate surface area is 204 Å². The highest BCUT2D eigenvalue weighted by Crippen LogP contribution is 2.29. The normalized spacial score (nSPS) is 13.7. The first-order valence-electron chi connectivity index (χ1n) is 11.3. The van der Waals surface area contributed by atoms with Crippen LogP contribution in [-0.4, -0.2) is 67.9 Å². The van der Waals surface area contributed by atoms with E-state index in [-0.39, 0.29) is 25.0 Å². The molecule has 3 aromatic heterocycles. The van der Waals surface area contributed by atoms with Gasteiger partial charge in [-0.05, 0) is 30.2 Å². The number of hydrogen-bond acceptors (Lipinski definition) is 7. The second-order valence-electron chi connectivity index (χ2n) is 8.48. The summed E-state index contributed by atoms with van der Waals surface area (Å²) in [6.07, 6.45) is 2.25. The molecule has 0 unspecified atom stereocenters. The van der Waals surface area contributed by atoms with Crippen LogP contribution in [0.2, 0.25) is 0 Å². The Balaban J connectivity index is 1.33. The van der Waals surface area contributed by atoms with E-state index in [1.165, 1.54) is 11.1 Å². The van der Waals surface area contributed by atoms with Crippen LogP contribution in [0.5, 0.6) is 0 Å². The van der Waals surface area contributed by atoms with Gasteiger partial charge in [0.05, 0.1) is 25.3 Å². The van der Waals surface area contributed by atoms with Crippen molar-refractivity contribution in [1.29, 1.82) is 0 Å². The molecule has 1 fully saturated rings. The van der Waals surface area contributed by atoms with Gasteiger partial charge in [-0.2, -0.15) is 4.98 Å². The number of hydrogen-bond donors (Lipinski definition) is 2. The topological polar surface area (TPSA) is 135 Å². The van der Waals surface area contributed by atoms with Crippen molar-refractivity contribution in [2.75, 3.05) is 31.7 Å². The van der Waals surface area contributed by atoms with Crippen molar-refractivity contribution in [3.63, 3.8) is 0 Å². The lowest BCUT2D eigenvalue weighted by atomic mass is 10.0. The van der Waals surface area contributed by atoms with E-state index in [9.17, 15) is 14.0 Å². The first-order valence-corrected chi connectivity index (χ1v) is 11.3. The van der Waals surface area contributed by atoms with E-state index in [1.807, 2.05) is 25.1 Å². The predicted molar refractivity (Wildman–Crippen MR) is 126 cm³/mol. The van der Waals surface area contributed by atoms with Crippen LogP contribution in [0.1, 0.15) is 33.4 Å². The third-order valence-corrected chi connectivity index (χ3v) is 5.98. The second kappa shape index (κ2) is 9.74. The van der Waals surface area contributed by atoms with Crippen LogP contribution in [-0.2, 0) is 11.3 Å². The summed E-state index contributed by atoms with van der Waals surface area (Å²) >= 11 is 0. The number of nitrogens with zero attached hydrogens (tertiary/aromatic N) is 5. The number of anilines is 1. The Bertz CT molecular complexity index is 1430. The zero-order valence-electron chi connectivity index (χ0n) is 19.3. The molecule has 0 radical (unpaired) electrons. The Morgan fingerprint density at radius 3 is 2.89 bits per heavy atom. The van der Waals surface area contributed by atoms with Crippen molar-refractivity contribution in [3.05, 3.63) is 65.4 Å². The smallest absolute Gasteiger partial charge is 0.407 e. The van der Waals surface area contributed by atoms with E-state index in [2.05, 4.69) is 20.4 Å². The first-order chi connectivity index (χ1) is 17.4. The van der Waals surface area contributed by atoms with Gasteiger partial charge in [0.1, 0.15) is 18.0 Å². The monoisotopic (exact) mass is 494 g/mol. The number of rotatable bonds is 8. The lowest BCUT2D eigenvalue weighted by Gasteiger charge is -2.34. The third kappa shape index (κ3) is 4.62. The van der Waals surface area contributed by atoms with Gasteiger partial charge in [0.25, 0.3) is 5.91 Å².